The third-order valence-corrected chi connectivity index (χ3v) is 8.84. The molecule has 288 valence electrons. The van der Waals surface area contributed by atoms with E-state index in [0.29, 0.717) is 25.6 Å². The van der Waals surface area contributed by atoms with Crippen LogP contribution in [0.4, 0.5) is 10.6 Å². The number of rotatable bonds is 16. The van der Waals surface area contributed by atoms with E-state index in [1.165, 1.54) is 20.2 Å². The summed E-state index contributed by atoms with van der Waals surface area (Å²) >= 11 is 0. The fourth-order valence-electron chi connectivity index (χ4n) is 5.69. The summed E-state index contributed by atoms with van der Waals surface area (Å²) in [7, 11) is 0. The van der Waals surface area contributed by atoms with Crippen molar-refractivity contribution in [3.05, 3.63) is 78.2 Å². The molecule has 0 aliphatic carbocycles. The number of imidazole rings is 1. The van der Waals surface area contributed by atoms with Crippen LogP contribution < -0.4 is 20.7 Å². The van der Waals surface area contributed by atoms with E-state index in [4.69, 9.17) is 14.2 Å². The van der Waals surface area contributed by atoms with E-state index in [2.05, 4.69) is 34.8 Å². The zero-order chi connectivity index (χ0) is 38.6. The molecule has 3 N–H and O–H groups in total. The molecule has 4 amide bonds. The lowest BCUT2D eigenvalue weighted by atomic mass is 9.97. The average molecular weight is 733 g/mol. The Labute approximate surface area is 313 Å². The molecule has 4 rings (SSSR count). The first-order chi connectivity index (χ1) is 25.1. The first-order valence-corrected chi connectivity index (χ1v) is 18.4. The van der Waals surface area contributed by atoms with Crippen molar-refractivity contribution in [3.63, 3.8) is 0 Å². The molecule has 1 aliphatic heterocycles. The smallest absolute Gasteiger partial charge is 0.408 e. The number of piperidine rings is 1. The van der Waals surface area contributed by atoms with Crippen molar-refractivity contribution in [1.82, 2.24) is 25.1 Å². The normalized spacial score (nSPS) is 14.9. The Morgan fingerprint density at radius 1 is 0.962 bits per heavy atom. The van der Waals surface area contributed by atoms with Gasteiger partial charge < -0.3 is 39.6 Å². The SMILES string of the molecule is CCCCOc1ccc(C(C(=O)N2CCC(C)CC2)n2cnc(NC(=O)[C@@H](COCc3ccccc3)NC(=O)C(C)(C)NC(=O)OC(C)(C)C)c2)cc1. The van der Waals surface area contributed by atoms with Gasteiger partial charge in [0.15, 0.2) is 5.82 Å². The summed E-state index contributed by atoms with van der Waals surface area (Å²) in [6.45, 7) is 14.5. The number of aromatic nitrogens is 2. The molecule has 1 aliphatic rings. The van der Waals surface area contributed by atoms with Gasteiger partial charge in [-0.1, -0.05) is 62.7 Å². The van der Waals surface area contributed by atoms with Crippen LogP contribution in [0.2, 0.25) is 0 Å². The molecular formula is C40H56N6O7. The molecule has 0 spiro atoms. The van der Waals surface area contributed by atoms with Gasteiger partial charge in [-0.2, -0.15) is 0 Å². The Kier molecular flexibility index (Phi) is 14.4. The molecule has 1 fully saturated rings. The Morgan fingerprint density at radius 3 is 2.28 bits per heavy atom. The molecule has 1 aromatic heterocycles. The molecule has 0 radical (unpaired) electrons. The number of nitrogens with zero attached hydrogens (tertiary/aromatic N) is 3. The van der Waals surface area contributed by atoms with E-state index < -0.39 is 41.1 Å². The van der Waals surface area contributed by atoms with Gasteiger partial charge in [0.05, 0.1) is 26.1 Å². The molecule has 3 aromatic rings. The van der Waals surface area contributed by atoms with Gasteiger partial charge in [0.1, 0.15) is 29.0 Å². The summed E-state index contributed by atoms with van der Waals surface area (Å²) in [5.74, 6) is 0.188. The van der Waals surface area contributed by atoms with Gasteiger partial charge in [0.25, 0.3) is 5.91 Å². The van der Waals surface area contributed by atoms with Crippen LogP contribution in [0.25, 0.3) is 0 Å². The van der Waals surface area contributed by atoms with Crippen molar-refractivity contribution < 1.29 is 33.4 Å². The molecule has 13 heteroatoms. The molecule has 53 heavy (non-hydrogen) atoms. The third kappa shape index (κ3) is 12.6. The molecule has 0 bridgehead atoms. The van der Waals surface area contributed by atoms with E-state index in [0.717, 1.165) is 42.6 Å². The lowest BCUT2D eigenvalue weighted by Crippen LogP contribution is -2.59. The molecule has 2 aromatic carbocycles. The highest BCUT2D eigenvalue weighted by Gasteiger charge is 2.35. The minimum atomic E-state index is -1.43. The Bertz CT molecular complexity index is 1640. The number of benzene rings is 2. The van der Waals surface area contributed by atoms with Crippen LogP contribution in [0.15, 0.2) is 67.1 Å². The monoisotopic (exact) mass is 732 g/mol. The van der Waals surface area contributed by atoms with E-state index in [-0.39, 0.29) is 24.9 Å². The quantitative estimate of drug-likeness (QED) is 0.155. The number of amides is 4. The second kappa shape index (κ2) is 18.7. The number of anilines is 1. The average Bonchev–Trinajstić information content (AvgIpc) is 3.55. The first kappa shape index (κ1) is 40.9. The zero-order valence-electron chi connectivity index (χ0n) is 32.1. The molecule has 0 saturated carbocycles. The summed E-state index contributed by atoms with van der Waals surface area (Å²) in [6, 6.07) is 15.1. The summed E-state index contributed by atoms with van der Waals surface area (Å²) in [6.07, 6.45) is 6.19. The summed E-state index contributed by atoms with van der Waals surface area (Å²) < 4.78 is 18.8. The van der Waals surface area contributed by atoms with Crippen LogP contribution in [0, 0.1) is 5.92 Å². The van der Waals surface area contributed by atoms with Crippen molar-refractivity contribution in [2.75, 3.05) is 31.6 Å². The molecule has 2 heterocycles. The lowest BCUT2D eigenvalue weighted by Gasteiger charge is -2.33. The van der Waals surface area contributed by atoms with Crippen molar-refractivity contribution in [3.8, 4) is 5.75 Å². The minimum Gasteiger partial charge on any atom is -0.494 e. The molecule has 1 unspecified atom stereocenters. The maximum atomic E-state index is 14.1. The van der Waals surface area contributed by atoms with Crippen LogP contribution in [0.3, 0.4) is 0 Å². The number of alkyl carbamates (subject to hydrolysis) is 1. The highest BCUT2D eigenvalue weighted by molar-refractivity contribution is 5.98. The van der Waals surface area contributed by atoms with E-state index >= 15 is 0 Å². The van der Waals surface area contributed by atoms with Crippen molar-refractivity contribution in [2.45, 2.75) is 104 Å². The predicted molar refractivity (Wildman–Crippen MR) is 202 cm³/mol. The Hall–Kier alpha value is -4.91. The highest BCUT2D eigenvalue weighted by atomic mass is 16.6. The fraction of sp³-hybridized carbons (Fsp3) is 0.525. The number of carbonyl (C=O) groups is 4. The van der Waals surface area contributed by atoms with Crippen LogP contribution in [-0.2, 0) is 30.5 Å². The number of likely N-dealkylation sites (tertiary alicyclic amines) is 1. The van der Waals surface area contributed by atoms with Crippen LogP contribution in [0.1, 0.15) is 91.3 Å². The maximum Gasteiger partial charge on any atom is 0.408 e. The van der Waals surface area contributed by atoms with E-state index in [9.17, 15) is 19.2 Å². The van der Waals surface area contributed by atoms with Crippen LogP contribution in [0.5, 0.6) is 5.75 Å². The molecular weight excluding hydrogens is 676 g/mol. The Morgan fingerprint density at radius 2 is 1.64 bits per heavy atom. The number of hydrogen-bond donors (Lipinski definition) is 3. The van der Waals surface area contributed by atoms with E-state index in [1.54, 1.807) is 31.5 Å². The predicted octanol–water partition coefficient (Wildman–Crippen LogP) is 5.85. The number of nitrogens with one attached hydrogen (secondary N) is 3. The van der Waals surface area contributed by atoms with Crippen LogP contribution in [-0.4, -0.2) is 81.8 Å². The van der Waals surface area contributed by atoms with Gasteiger partial charge in [0, 0.05) is 19.3 Å². The zero-order valence-corrected chi connectivity index (χ0v) is 32.1. The Balaban J connectivity index is 1.53. The largest absolute Gasteiger partial charge is 0.494 e. The lowest BCUT2D eigenvalue weighted by molar-refractivity contribution is -0.135. The van der Waals surface area contributed by atoms with Gasteiger partial charge in [-0.25, -0.2) is 9.78 Å². The van der Waals surface area contributed by atoms with E-state index in [1.807, 2.05) is 59.5 Å². The number of ether oxygens (including phenoxy) is 3. The summed E-state index contributed by atoms with van der Waals surface area (Å²) in [4.78, 5) is 60.2. The van der Waals surface area contributed by atoms with Crippen molar-refractivity contribution in [2.24, 2.45) is 5.92 Å². The molecule has 2 atom stereocenters. The summed E-state index contributed by atoms with van der Waals surface area (Å²) in [5.41, 5.74) is -0.553. The standard InChI is InChI=1S/C40H56N6O7/c1-8-9-23-52-31-17-15-30(16-18-31)34(36(48)45-21-19-28(2)20-22-45)46-24-33(41-27-46)43-35(47)32(26-51-25-29-13-11-10-12-14-29)42-37(49)40(6,7)44-38(50)53-39(3,4)5/h10-18,24,27-28,32,34H,8-9,19-23,25-26H2,1-7H3,(H,42,49)(H,43,47)(H,44,50)/t32-,34?/m1/s1. The maximum absolute atomic E-state index is 14.1. The van der Waals surface area contributed by atoms with Crippen LogP contribution >= 0.6 is 0 Å². The summed E-state index contributed by atoms with van der Waals surface area (Å²) in [5, 5.41) is 8.08. The van der Waals surface area contributed by atoms with Gasteiger partial charge in [0.2, 0.25) is 11.8 Å². The third-order valence-electron chi connectivity index (χ3n) is 8.84. The number of unbranched alkanes of at least 4 members (excludes halogenated alkanes) is 1. The van der Waals surface area contributed by atoms with Gasteiger partial charge in [-0.15, -0.1) is 0 Å². The van der Waals surface area contributed by atoms with Crippen molar-refractivity contribution >= 4 is 29.6 Å². The molecule has 1 saturated heterocycles. The highest BCUT2D eigenvalue weighted by Crippen LogP contribution is 2.27. The second-order valence-corrected chi connectivity index (χ2v) is 15.2. The second-order valence-electron chi connectivity index (χ2n) is 15.2. The minimum absolute atomic E-state index is 0.0639. The topological polar surface area (TPSA) is 153 Å². The fourth-order valence-corrected chi connectivity index (χ4v) is 5.69. The van der Waals surface area contributed by atoms with Gasteiger partial charge >= 0.3 is 6.09 Å². The molecule has 13 nitrogen and oxygen atoms in total. The van der Waals surface area contributed by atoms with Gasteiger partial charge in [-0.05, 0) is 83.1 Å². The first-order valence-electron chi connectivity index (χ1n) is 18.4. The number of carbonyl (C=O) groups excluding carboxylic acids is 4. The van der Waals surface area contributed by atoms with Gasteiger partial charge in [-0.3, -0.25) is 14.4 Å². The number of hydrogen-bond acceptors (Lipinski definition) is 8. The van der Waals surface area contributed by atoms with Crippen molar-refractivity contribution in [1.29, 1.82) is 0 Å².